The molecule has 0 radical (unpaired) electrons. The van der Waals surface area contributed by atoms with Crippen molar-refractivity contribution in [3.8, 4) is 17.0 Å². The third-order valence-corrected chi connectivity index (χ3v) is 5.54. The Labute approximate surface area is 167 Å². The molecule has 2 N–H and O–H groups in total. The van der Waals surface area contributed by atoms with Gasteiger partial charge in [-0.05, 0) is 48.0 Å². The average molecular weight is 392 g/mol. The van der Waals surface area contributed by atoms with Gasteiger partial charge < -0.3 is 19.5 Å². The number of hydrogen-bond donors (Lipinski definition) is 2. The molecule has 0 fully saturated rings. The molecule has 5 nitrogen and oxygen atoms in total. The van der Waals surface area contributed by atoms with E-state index in [1.807, 2.05) is 36.4 Å². The summed E-state index contributed by atoms with van der Waals surface area (Å²) in [7, 11) is 1.66. The number of rotatable bonds is 7. The number of aromatic amines is 1. The van der Waals surface area contributed by atoms with Crippen LogP contribution in [0.1, 0.15) is 10.6 Å². The number of hydrogen-bond acceptors (Lipinski definition) is 4. The molecule has 2 heterocycles. The Morgan fingerprint density at radius 2 is 1.93 bits per heavy atom. The summed E-state index contributed by atoms with van der Waals surface area (Å²) >= 11 is 1.72. The summed E-state index contributed by atoms with van der Waals surface area (Å²) in [5.41, 5.74) is 3.26. The molecular formula is C22H20N2O3S. The van der Waals surface area contributed by atoms with E-state index in [-0.39, 0.29) is 5.91 Å². The lowest BCUT2D eigenvalue weighted by Gasteiger charge is -2.07. The number of H-pyrrole nitrogens is 1. The first-order chi connectivity index (χ1) is 13.8. The SMILES string of the molecule is COc1ccc(-c2[nH]c3ccccc3c2SCCNC(=O)c2ccco2)cc1. The highest BCUT2D eigenvalue weighted by molar-refractivity contribution is 7.99. The molecule has 28 heavy (non-hydrogen) atoms. The van der Waals surface area contributed by atoms with Crippen LogP contribution in [0.25, 0.3) is 22.2 Å². The lowest BCUT2D eigenvalue weighted by atomic mass is 10.1. The van der Waals surface area contributed by atoms with E-state index in [2.05, 4.69) is 22.4 Å². The Hall–Kier alpha value is -3.12. The lowest BCUT2D eigenvalue weighted by Crippen LogP contribution is -2.25. The van der Waals surface area contributed by atoms with Gasteiger partial charge in [-0.1, -0.05) is 18.2 Å². The predicted molar refractivity (Wildman–Crippen MR) is 112 cm³/mol. The number of benzene rings is 2. The minimum absolute atomic E-state index is 0.195. The molecule has 0 aliphatic rings. The maximum absolute atomic E-state index is 12.0. The second-order valence-corrected chi connectivity index (χ2v) is 7.29. The van der Waals surface area contributed by atoms with E-state index < -0.39 is 0 Å². The Morgan fingerprint density at radius 3 is 2.68 bits per heavy atom. The fourth-order valence-corrected chi connectivity index (χ4v) is 4.09. The first-order valence-corrected chi connectivity index (χ1v) is 9.94. The molecule has 0 atom stereocenters. The molecule has 142 valence electrons. The molecule has 2 aromatic carbocycles. The van der Waals surface area contributed by atoms with E-state index in [1.165, 1.54) is 16.5 Å². The molecule has 1 amide bonds. The number of nitrogens with one attached hydrogen (secondary N) is 2. The Bertz CT molecular complexity index is 1070. The number of methoxy groups -OCH3 is 1. The molecule has 2 aromatic heterocycles. The Kier molecular flexibility index (Phi) is 5.39. The van der Waals surface area contributed by atoms with Crippen LogP contribution in [0.5, 0.6) is 5.75 Å². The molecule has 0 aliphatic heterocycles. The van der Waals surface area contributed by atoms with Gasteiger partial charge >= 0.3 is 0 Å². The van der Waals surface area contributed by atoms with Crippen LogP contribution in [-0.2, 0) is 0 Å². The minimum Gasteiger partial charge on any atom is -0.497 e. The fourth-order valence-electron chi connectivity index (χ4n) is 3.04. The van der Waals surface area contributed by atoms with Gasteiger partial charge in [-0.15, -0.1) is 11.8 Å². The first kappa shape index (κ1) is 18.3. The Morgan fingerprint density at radius 1 is 1.11 bits per heavy atom. The van der Waals surface area contributed by atoms with Crippen molar-refractivity contribution >= 4 is 28.6 Å². The summed E-state index contributed by atoms with van der Waals surface area (Å²) in [6.45, 7) is 0.547. The molecular weight excluding hydrogens is 372 g/mol. The molecule has 4 rings (SSSR count). The van der Waals surface area contributed by atoms with Gasteiger partial charge in [-0.25, -0.2) is 0 Å². The Balaban J connectivity index is 1.52. The molecule has 6 heteroatoms. The van der Waals surface area contributed by atoms with Gasteiger partial charge in [-0.2, -0.15) is 0 Å². The molecule has 0 saturated carbocycles. The summed E-state index contributed by atoms with van der Waals surface area (Å²) in [4.78, 5) is 16.7. The molecule has 0 spiro atoms. The van der Waals surface area contributed by atoms with E-state index in [0.29, 0.717) is 12.3 Å². The van der Waals surface area contributed by atoms with Crippen molar-refractivity contribution in [2.24, 2.45) is 0 Å². The van der Waals surface area contributed by atoms with Gasteiger partial charge in [0.15, 0.2) is 5.76 Å². The fraction of sp³-hybridized carbons (Fsp3) is 0.136. The van der Waals surface area contributed by atoms with Gasteiger partial charge in [0.2, 0.25) is 0 Å². The number of fused-ring (bicyclic) bond motifs is 1. The van der Waals surface area contributed by atoms with Crippen molar-refractivity contribution in [1.82, 2.24) is 10.3 Å². The van der Waals surface area contributed by atoms with E-state index in [1.54, 1.807) is 31.0 Å². The third kappa shape index (κ3) is 3.77. The van der Waals surface area contributed by atoms with Crippen LogP contribution in [0.4, 0.5) is 0 Å². The number of thioether (sulfide) groups is 1. The van der Waals surface area contributed by atoms with Crippen LogP contribution >= 0.6 is 11.8 Å². The smallest absolute Gasteiger partial charge is 0.287 e. The van der Waals surface area contributed by atoms with Crippen molar-refractivity contribution in [2.45, 2.75) is 4.90 Å². The number of ether oxygens (including phenoxy) is 1. The molecule has 0 saturated heterocycles. The maximum atomic E-state index is 12.0. The largest absolute Gasteiger partial charge is 0.497 e. The predicted octanol–water partition coefficient (Wildman–Crippen LogP) is 4.96. The number of amides is 1. The van der Waals surface area contributed by atoms with Crippen LogP contribution < -0.4 is 10.1 Å². The second kappa shape index (κ2) is 8.27. The third-order valence-electron chi connectivity index (χ3n) is 4.42. The topological polar surface area (TPSA) is 67.3 Å². The van der Waals surface area contributed by atoms with Crippen LogP contribution in [-0.4, -0.2) is 30.3 Å². The quantitative estimate of drug-likeness (QED) is 0.345. The standard InChI is InChI=1S/C22H20N2O3S/c1-26-16-10-8-15(9-11-16)20-21(17-5-2-3-6-18(17)24-20)28-14-12-23-22(25)19-7-4-13-27-19/h2-11,13,24H,12,14H2,1H3,(H,23,25). The molecule has 4 aromatic rings. The highest BCUT2D eigenvalue weighted by Gasteiger charge is 2.14. The summed E-state index contributed by atoms with van der Waals surface area (Å²) < 4.78 is 10.4. The van der Waals surface area contributed by atoms with E-state index in [0.717, 1.165) is 28.3 Å². The summed E-state index contributed by atoms with van der Waals surface area (Å²) in [5.74, 6) is 1.71. The van der Waals surface area contributed by atoms with E-state index in [4.69, 9.17) is 9.15 Å². The van der Waals surface area contributed by atoms with Gasteiger partial charge in [0.05, 0.1) is 19.1 Å². The highest BCUT2D eigenvalue weighted by Crippen LogP contribution is 2.37. The van der Waals surface area contributed by atoms with E-state index in [9.17, 15) is 4.79 Å². The van der Waals surface area contributed by atoms with Gasteiger partial charge in [0.1, 0.15) is 5.75 Å². The summed E-state index contributed by atoms with van der Waals surface area (Å²) in [6.07, 6.45) is 1.50. The van der Waals surface area contributed by atoms with Crippen LogP contribution in [0.15, 0.2) is 76.2 Å². The zero-order valence-electron chi connectivity index (χ0n) is 15.4. The van der Waals surface area contributed by atoms with Crippen molar-refractivity contribution in [1.29, 1.82) is 0 Å². The molecule has 0 aliphatic carbocycles. The van der Waals surface area contributed by atoms with Gasteiger partial charge in [-0.3, -0.25) is 4.79 Å². The van der Waals surface area contributed by atoms with Crippen molar-refractivity contribution in [3.05, 3.63) is 72.7 Å². The van der Waals surface area contributed by atoms with Crippen molar-refractivity contribution in [2.75, 3.05) is 19.4 Å². The number of aromatic nitrogens is 1. The van der Waals surface area contributed by atoms with Crippen LogP contribution in [0, 0.1) is 0 Å². The average Bonchev–Trinajstić information content (AvgIpc) is 3.39. The zero-order valence-corrected chi connectivity index (χ0v) is 16.2. The summed E-state index contributed by atoms with van der Waals surface area (Å²) in [5, 5.41) is 4.07. The number of carbonyl (C=O) groups is 1. The maximum Gasteiger partial charge on any atom is 0.287 e. The zero-order chi connectivity index (χ0) is 19.3. The number of furan rings is 1. The molecule has 0 unspecified atom stereocenters. The first-order valence-electron chi connectivity index (χ1n) is 8.96. The van der Waals surface area contributed by atoms with Crippen LogP contribution in [0.2, 0.25) is 0 Å². The van der Waals surface area contributed by atoms with Crippen molar-refractivity contribution < 1.29 is 13.9 Å². The van der Waals surface area contributed by atoms with E-state index >= 15 is 0 Å². The second-order valence-electron chi connectivity index (χ2n) is 6.18. The number of carbonyl (C=O) groups excluding carboxylic acids is 1. The molecule has 0 bridgehead atoms. The highest BCUT2D eigenvalue weighted by atomic mass is 32.2. The van der Waals surface area contributed by atoms with Crippen molar-refractivity contribution in [3.63, 3.8) is 0 Å². The lowest BCUT2D eigenvalue weighted by molar-refractivity contribution is 0.0928. The minimum atomic E-state index is -0.195. The number of para-hydroxylation sites is 1. The van der Waals surface area contributed by atoms with Crippen LogP contribution in [0.3, 0.4) is 0 Å². The summed E-state index contributed by atoms with van der Waals surface area (Å²) in [6, 6.07) is 19.6. The van der Waals surface area contributed by atoms with Gasteiger partial charge in [0, 0.05) is 28.1 Å². The van der Waals surface area contributed by atoms with Gasteiger partial charge in [0.25, 0.3) is 5.91 Å². The monoisotopic (exact) mass is 392 g/mol. The normalized spacial score (nSPS) is 10.9.